The molecule has 7 aromatic carbocycles. The van der Waals surface area contributed by atoms with E-state index in [2.05, 4.69) is 82.8 Å². The Morgan fingerprint density at radius 2 is 0.636 bits per heavy atom. The fourth-order valence-corrected chi connectivity index (χ4v) is 8.09. The van der Waals surface area contributed by atoms with Crippen molar-refractivity contribution in [2.45, 2.75) is 0 Å². The van der Waals surface area contributed by atoms with E-state index < -0.39 is 0 Å². The lowest BCUT2D eigenvalue weighted by Gasteiger charge is -2.16. The van der Waals surface area contributed by atoms with Gasteiger partial charge in [-0.1, -0.05) is 176 Å². The molecule has 0 aliphatic carbocycles. The van der Waals surface area contributed by atoms with Crippen LogP contribution in [-0.4, -0.2) is 39.9 Å². The molecule has 8 nitrogen and oxygen atoms in total. The lowest BCUT2D eigenvalue weighted by atomic mass is 9.89. The highest BCUT2D eigenvalue weighted by Gasteiger charge is 2.19. The van der Waals surface area contributed by atoms with Crippen LogP contribution < -0.4 is 0 Å². The standard InChI is InChI=1S/C58H38N8/c1-4-15-41(16-5-1)53-61-56(44-28-26-40(27-29-44)52-25-12-13-34-60-52)64-57(63-53)47-22-14-21-45(37-47)51-38-46(30-31-49(51)39-32-35-59-36-33-39)48-23-10-11-24-50(48)58-65-54(42-17-6-2-7-18-42)62-55(66-58)43-19-8-3-9-20-43/h1-38H. The van der Waals surface area contributed by atoms with Crippen LogP contribution in [0.2, 0.25) is 0 Å². The van der Waals surface area contributed by atoms with Gasteiger partial charge < -0.3 is 0 Å². The quantitative estimate of drug-likeness (QED) is 0.134. The number of rotatable bonds is 10. The molecule has 4 aromatic heterocycles. The number of hydrogen-bond acceptors (Lipinski definition) is 8. The van der Waals surface area contributed by atoms with Gasteiger partial charge in [0.25, 0.3) is 0 Å². The van der Waals surface area contributed by atoms with E-state index in [0.29, 0.717) is 34.9 Å². The summed E-state index contributed by atoms with van der Waals surface area (Å²) in [5, 5.41) is 0. The predicted octanol–water partition coefficient (Wildman–Crippen LogP) is 13.5. The largest absolute Gasteiger partial charge is 0.265 e. The maximum absolute atomic E-state index is 5.12. The van der Waals surface area contributed by atoms with Gasteiger partial charge in [-0.3, -0.25) is 9.97 Å². The summed E-state index contributed by atoms with van der Waals surface area (Å²) in [6.07, 6.45) is 5.46. The molecule has 4 heterocycles. The average Bonchev–Trinajstić information content (AvgIpc) is 3.42. The molecule has 0 radical (unpaired) electrons. The molecule has 11 aromatic rings. The van der Waals surface area contributed by atoms with E-state index in [-0.39, 0.29) is 0 Å². The Balaban J connectivity index is 1.04. The number of pyridine rings is 2. The summed E-state index contributed by atoms with van der Waals surface area (Å²) in [5.41, 5.74) is 13.4. The highest BCUT2D eigenvalue weighted by molar-refractivity contribution is 5.91. The van der Waals surface area contributed by atoms with Crippen LogP contribution in [0.5, 0.6) is 0 Å². The lowest BCUT2D eigenvalue weighted by molar-refractivity contribution is 1.07. The summed E-state index contributed by atoms with van der Waals surface area (Å²) >= 11 is 0. The van der Waals surface area contributed by atoms with Crippen LogP contribution in [0.3, 0.4) is 0 Å². The van der Waals surface area contributed by atoms with Crippen LogP contribution in [0.1, 0.15) is 0 Å². The summed E-state index contributed by atoms with van der Waals surface area (Å²) in [7, 11) is 0. The molecule has 0 saturated carbocycles. The molecule has 0 aliphatic rings. The summed E-state index contributed by atoms with van der Waals surface area (Å²) in [4.78, 5) is 39.2. The van der Waals surface area contributed by atoms with E-state index >= 15 is 0 Å². The van der Waals surface area contributed by atoms with Gasteiger partial charge in [0.05, 0.1) is 5.69 Å². The first-order valence-corrected chi connectivity index (χ1v) is 21.7. The molecule has 0 atom stereocenters. The minimum absolute atomic E-state index is 0.569. The number of nitrogens with zero attached hydrogens (tertiary/aromatic N) is 8. The third kappa shape index (κ3) is 8.25. The van der Waals surface area contributed by atoms with Crippen molar-refractivity contribution in [1.82, 2.24) is 39.9 Å². The smallest absolute Gasteiger partial charge is 0.164 e. The second-order valence-corrected chi connectivity index (χ2v) is 15.6. The zero-order valence-corrected chi connectivity index (χ0v) is 35.5. The van der Waals surface area contributed by atoms with Crippen molar-refractivity contribution in [1.29, 1.82) is 0 Å². The maximum Gasteiger partial charge on any atom is 0.164 e. The zero-order valence-electron chi connectivity index (χ0n) is 35.5. The van der Waals surface area contributed by atoms with Crippen molar-refractivity contribution in [2.24, 2.45) is 0 Å². The van der Waals surface area contributed by atoms with E-state index in [0.717, 1.165) is 78.0 Å². The van der Waals surface area contributed by atoms with E-state index in [4.69, 9.17) is 29.9 Å². The van der Waals surface area contributed by atoms with Crippen LogP contribution in [0.25, 0.3) is 113 Å². The normalized spacial score (nSPS) is 11.0. The monoisotopic (exact) mass is 846 g/mol. The second-order valence-electron chi connectivity index (χ2n) is 15.6. The SMILES string of the molecule is c1ccc(-c2nc(-c3ccc(-c4ccccn4)cc3)nc(-c3cccc(-c4cc(-c5ccccc5-c5nc(-c6ccccc6)nc(-c6ccccc6)n5)ccc4-c4ccncc4)c3)n2)cc1. The summed E-state index contributed by atoms with van der Waals surface area (Å²) < 4.78 is 0. The molecule has 0 spiro atoms. The highest BCUT2D eigenvalue weighted by atomic mass is 15.0. The Hall–Kier alpha value is -9.14. The van der Waals surface area contributed by atoms with Crippen molar-refractivity contribution >= 4 is 0 Å². The van der Waals surface area contributed by atoms with Gasteiger partial charge in [-0.15, -0.1) is 0 Å². The second kappa shape index (κ2) is 17.9. The zero-order chi connectivity index (χ0) is 44.1. The molecule has 66 heavy (non-hydrogen) atoms. The van der Waals surface area contributed by atoms with Crippen LogP contribution in [0.15, 0.2) is 231 Å². The number of aromatic nitrogens is 8. The van der Waals surface area contributed by atoms with Crippen molar-refractivity contribution < 1.29 is 0 Å². The Morgan fingerprint density at radius 3 is 1.21 bits per heavy atom. The highest BCUT2D eigenvalue weighted by Crippen LogP contribution is 2.40. The van der Waals surface area contributed by atoms with Crippen molar-refractivity contribution in [3.63, 3.8) is 0 Å². The van der Waals surface area contributed by atoms with Crippen LogP contribution in [0.4, 0.5) is 0 Å². The first kappa shape index (κ1) is 39.7. The molecule has 8 heteroatoms. The first-order chi connectivity index (χ1) is 32.7. The van der Waals surface area contributed by atoms with Crippen molar-refractivity contribution in [3.05, 3.63) is 231 Å². The van der Waals surface area contributed by atoms with Gasteiger partial charge in [0.1, 0.15) is 0 Å². The topological polar surface area (TPSA) is 103 Å². The van der Waals surface area contributed by atoms with Crippen molar-refractivity contribution in [2.75, 3.05) is 0 Å². The predicted molar refractivity (Wildman–Crippen MR) is 263 cm³/mol. The van der Waals surface area contributed by atoms with Gasteiger partial charge in [-0.05, 0) is 69.8 Å². The molecular formula is C58H38N8. The van der Waals surface area contributed by atoms with E-state index in [1.54, 1.807) is 6.20 Å². The van der Waals surface area contributed by atoms with Gasteiger partial charge in [-0.25, -0.2) is 29.9 Å². The fraction of sp³-hybridized carbons (Fsp3) is 0. The average molecular weight is 847 g/mol. The molecule has 0 bridgehead atoms. The van der Waals surface area contributed by atoms with Gasteiger partial charge in [0.2, 0.25) is 0 Å². The Labute approximate surface area is 382 Å². The minimum Gasteiger partial charge on any atom is -0.265 e. The summed E-state index contributed by atoms with van der Waals surface area (Å²) in [5.74, 6) is 3.55. The molecule has 0 amide bonds. The molecule has 0 unspecified atom stereocenters. The molecule has 0 fully saturated rings. The Kier molecular flexibility index (Phi) is 10.8. The molecule has 310 valence electrons. The van der Waals surface area contributed by atoms with Gasteiger partial charge >= 0.3 is 0 Å². The molecule has 0 aliphatic heterocycles. The van der Waals surface area contributed by atoms with Crippen LogP contribution in [0, 0.1) is 0 Å². The van der Waals surface area contributed by atoms with Gasteiger partial charge in [0, 0.05) is 57.5 Å². The first-order valence-electron chi connectivity index (χ1n) is 21.7. The Morgan fingerprint density at radius 1 is 0.212 bits per heavy atom. The van der Waals surface area contributed by atoms with Crippen molar-refractivity contribution in [3.8, 4) is 113 Å². The molecule has 0 N–H and O–H groups in total. The summed E-state index contributed by atoms with van der Waals surface area (Å²) in [6.45, 7) is 0. The van der Waals surface area contributed by atoms with Gasteiger partial charge in [-0.2, -0.15) is 0 Å². The summed E-state index contributed by atoms with van der Waals surface area (Å²) in [6, 6.07) is 71.7. The molecule has 0 saturated heterocycles. The number of hydrogen-bond donors (Lipinski definition) is 0. The fourth-order valence-electron chi connectivity index (χ4n) is 8.09. The minimum atomic E-state index is 0.569. The van der Waals surface area contributed by atoms with E-state index in [1.165, 1.54) is 0 Å². The van der Waals surface area contributed by atoms with Crippen LogP contribution >= 0.6 is 0 Å². The third-order valence-electron chi connectivity index (χ3n) is 11.4. The van der Waals surface area contributed by atoms with Gasteiger partial charge in [0.15, 0.2) is 34.9 Å². The van der Waals surface area contributed by atoms with E-state index in [9.17, 15) is 0 Å². The number of benzene rings is 7. The molecular weight excluding hydrogens is 809 g/mol. The molecule has 11 rings (SSSR count). The third-order valence-corrected chi connectivity index (χ3v) is 11.4. The van der Waals surface area contributed by atoms with Crippen LogP contribution in [-0.2, 0) is 0 Å². The lowest BCUT2D eigenvalue weighted by Crippen LogP contribution is -2.01. The van der Waals surface area contributed by atoms with E-state index in [1.807, 2.05) is 152 Å². The maximum atomic E-state index is 5.12. The Bertz CT molecular complexity index is 3380.